The molecule has 0 bridgehead atoms. The number of carbonyl (C=O) groups is 8. The van der Waals surface area contributed by atoms with Gasteiger partial charge in [0, 0.05) is 68.7 Å². The Bertz CT molecular complexity index is 1640. The normalized spacial score (nSPS) is 14.2. The molecule has 2 aromatic heterocycles. The van der Waals surface area contributed by atoms with Gasteiger partial charge in [0.15, 0.2) is 5.78 Å². The van der Waals surface area contributed by atoms with E-state index in [1.165, 1.54) is 24.9 Å². The molecule has 22 heteroatoms. The van der Waals surface area contributed by atoms with E-state index in [4.69, 9.17) is 26.8 Å². The van der Waals surface area contributed by atoms with Crippen LogP contribution in [0.15, 0.2) is 37.1 Å². The molecule has 0 saturated heterocycles. The highest BCUT2D eigenvalue weighted by molar-refractivity contribution is 7.99. The van der Waals surface area contributed by atoms with Crippen LogP contribution in [0.5, 0.6) is 0 Å². The molecule has 2 rings (SSSR count). The number of carboxylic acid groups (broad SMARTS) is 3. The number of nitrogens with two attached hydrogens (primary N) is 2. The number of aliphatic carboxylic acids is 3. The molecule has 2 aromatic rings. The molecule has 0 radical (unpaired) electrons. The van der Waals surface area contributed by atoms with Crippen molar-refractivity contribution in [2.45, 2.75) is 93.0 Å². The number of aromatic nitrogens is 4. The lowest BCUT2D eigenvalue weighted by Crippen LogP contribution is -2.48. The number of amides is 3. The second kappa shape index (κ2) is 25.2. The van der Waals surface area contributed by atoms with Gasteiger partial charge in [0.1, 0.15) is 36.1 Å². The maximum atomic E-state index is 13.8. The topological polar surface area (TPSA) is 337 Å². The summed E-state index contributed by atoms with van der Waals surface area (Å²) in [6, 6.07) is -1.65. The van der Waals surface area contributed by atoms with Gasteiger partial charge in [-0.05, 0) is 31.9 Å². The Labute approximate surface area is 330 Å². The molecular formula is C34H47N9O11S2. The summed E-state index contributed by atoms with van der Waals surface area (Å²) in [6.45, 7) is 1.96. The van der Waals surface area contributed by atoms with Crippen molar-refractivity contribution in [3.05, 3.63) is 48.6 Å². The van der Waals surface area contributed by atoms with E-state index in [2.05, 4.69) is 35.9 Å². The zero-order valence-corrected chi connectivity index (χ0v) is 32.2. The van der Waals surface area contributed by atoms with Gasteiger partial charge in [-0.15, -0.1) is 23.5 Å². The third-order valence-electron chi connectivity index (χ3n) is 7.87. The van der Waals surface area contributed by atoms with E-state index in [0.717, 1.165) is 23.5 Å². The third-order valence-corrected chi connectivity index (χ3v) is 10.5. The number of carboxylic acids is 3. The first-order valence-corrected chi connectivity index (χ1v) is 19.6. The van der Waals surface area contributed by atoms with Gasteiger partial charge < -0.3 is 42.7 Å². The van der Waals surface area contributed by atoms with Crippen LogP contribution in [0.1, 0.15) is 80.3 Å². The first kappa shape index (κ1) is 47.1. The van der Waals surface area contributed by atoms with Gasteiger partial charge in [-0.3, -0.25) is 38.4 Å². The molecule has 0 aliphatic carbocycles. The molecule has 3 amide bonds. The Hall–Kier alpha value is -5.06. The number of hydrogen-bond acceptors (Lipinski definition) is 16. The number of ketones is 2. The van der Waals surface area contributed by atoms with Gasteiger partial charge in [0.2, 0.25) is 17.7 Å². The van der Waals surface area contributed by atoms with Crippen LogP contribution in [0.2, 0.25) is 0 Å². The van der Waals surface area contributed by atoms with Crippen LogP contribution in [0, 0.1) is 0 Å². The fourth-order valence-corrected chi connectivity index (χ4v) is 7.36. The van der Waals surface area contributed by atoms with E-state index in [-0.39, 0.29) is 68.2 Å². The number of thioether (sulfide) groups is 2. The number of nitrogens with one attached hydrogen (secondary N) is 3. The Balaban J connectivity index is 2.26. The van der Waals surface area contributed by atoms with Gasteiger partial charge >= 0.3 is 17.9 Å². The van der Waals surface area contributed by atoms with Gasteiger partial charge in [-0.2, -0.15) is 0 Å². The maximum Gasteiger partial charge on any atom is 0.320 e. The minimum atomic E-state index is -1.30. The van der Waals surface area contributed by atoms with Crippen LogP contribution in [-0.4, -0.2) is 125 Å². The average molecular weight is 822 g/mol. The van der Waals surface area contributed by atoms with E-state index >= 15 is 0 Å². The van der Waals surface area contributed by atoms with Crippen LogP contribution >= 0.6 is 23.5 Å². The van der Waals surface area contributed by atoms with E-state index in [0.29, 0.717) is 5.69 Å². The van der Waals surface area contributed by atoms with Crippen LogP contribution in [0.3, 0.4) is 0 Å². The van der Waals surface area contributed by atoms with Crippen LogP contribution < -0.4 is 27.4 Å². The molecule has 10 N–H and O–H groups in total. The molecule has 20 nitrogen and oxygen atoms in total. The standard InChI is InChI=1S/C34H47N9O11S2/c1-2-38-32(50)24(43-29(47)8-5-21(36)34(53)54)17-56-27(31-39-11-3-12-40-31)15-19(44)14-26(22-10-13-37-18-41-22)55-16-23(25(45)6-9-30(48)49)42-28(46)7-4-20(35)33(51)52/h3,10-13,18,20-21,23-24,26-27H,2,4-9,14-17,35-36H2,1H3,(H,38,50)(H,42,46)(H,43,47)(H,48,49)(H,51,52)(H,53,54)/t20-,21+,23-,24-,26?,27?/m0/s1. The first-order chi connectivity index (χ1) is 26.6. The van der Waals surface area contributed by atoms with Gasteiger partial charge in [-0.1, -0.05) is 0 Å². The maximum absolute atomic E-state index is 13.8. The summed E-state index contributed by atoms with van der Waals surface area (Å²) in [6.07, 6.45) is 3.65. The number of nitrogens with zero attached hydrogens (tertiary/aromatic N) is 4. The minimum absolute atomic E-state index is 0.0138. The van der Waals surface area contributed by atoms with E-state index < -0.39 is 88.9 Å². The molecule has 2 heterocycles. The highest BCUT2D eigenvalue weighted by atomic mass is 32.2. The largest absolute Gasteiger partial charge is 0.481 e. The predicted molar refractivity (Wildman–Crippen MR) is 203 cm³/mol. The molecule has 0 fully saturated rings. The summed E-state index contributed by atoms with van der Waals surface area (Å²) in [7, 11) is 0. The fourth-order valence-electron chi connectivity index (χ4n) is 4.82. The highest BCUT2D eigenvalue weighted by Crippen LogP contribution is 2.36. The summed E-state index contributed by atoms with van der Waals surface area (Å²) in [4.78, 5) is 115. The predicted octanol–water partition coefficient (Wildman–Crippen LogP) is -0.211. The van der Waals surface area contributed by atoms with Crippen molar-refractivity contribution in [2.75, 3.05) is 18.1 Å². The molecule has 0 spiro atoms. The molecule has 0 saturated carbocycles. The molecule has 0 aromatic carbocycles. The summed E-state index contributed by atoms with van der Waals surface area (Å²) in [5.74, 6) is -6.26. The Morgan fingerprint density at radius 3 is 1.82 bits per heavy atom. The summed E-state index contributed by atoms with van der Waals surface area (Å²) < 4.78 is 0. The van der Waals surface area contributed by atoms with Crippen LogP contribution in [0.4, 0.5) is 0 Å². The van der Waals surface area contributed by atoms with Crippen molar-refractivity contribution in [1.82, 2.24) is 35.9 Å². The monoisotopic (exact) mass is 821 g/mol. The first-order valence-electron chi connectivity index (χ1n) is 17.5. The molecule has 6 atom stereocenters. The summed E-state index contributed by atoms with van der Waals surface area (Å²) >= 11 is 2.26. The molecule has 56 heavy (non-hydrogen) atoms. The SMILES string of the molecule is CCNC(=O)[C@H](CSC(CC(=O)CC(SC[C@H](NC(=O)CC[C@H](N)C(=O)O)C(=O)CCC(=O)O)c1ccncn1)c1ncccn1)NC(=O)CC[C@@H](N)C(=O)O. The molecule has 0 aliphatic rings. The molecule has 2 unspecified atom stereocenters. The van der Waals surface area contributed by atoms with Crippen molar-refractivity contribution in [3.63, 3.8) is 0 Å². The summed E-state index contributed by atoms with van der Waals surface area (Å²) in [5.41, 5.74) is 11.4. The molecule has 306 valence electrons. The van der Waals surface area contributed by atoms with Crippen molar-refractivity contribution in [1.29, 1.82) is 0 Å². The number of carbonyl (C=O) groups excluding carboxylic acids is 5. The quantitative estimate of drug-likeness (QED) is 0.0550. The number of hydrogen-bond donors (Lipinski definition) is 8. The zero-order valence-electron chi connectivity index (χ0n) is 30.6. The fraction of sp³-hybridized carbons (Fsp3) is 0.529. The smallest absolute Gasteiger partial charge is 0.320 e. The Morgan fingerprint density at radius 2 is 1.29 bits per heavy atom. The number of likely N-dealkylation sites (N-methyl/N-ethyl adjacent to an activating group) is 1. The van der Waals surface area contributed by atoms with E-state index in [9.17, 15) is 38.4 Å². The lowest BCUT2D eigenvalue weighted by Gasteiger charge is -2.23. The molecular weight excluding hydrogens is 775 g/mol. The highest BCUT2D eigenvalue weighted by Gasteiger charge is 2.29. The zero-order chi connectivity index (χ0) is 41.6. The Morgan fingerprint density at radius 1 is 0.732 bits per heavy atom. The van der Waals surface area contributed by atoms with Crippen LogP contribution in [-0.2, 0) is 38.4 Å². The van der Waals surface area contributed by atoms with Gasteiger partial charge in [0.05, 0.1) is 28.7 Å². The van der Waals surface area contributed by atoms with Crippen molar-refractivity contribution >= 4 is 70.7 Å². The lowest BCUT2D eigenvalue weighted by molar-refractivity contribution is -0.140. The summed E-state index contributed by atoms with van der Waals surface area (Å²) in [5, 5.41) is 33.6. The molecule has 0 aliphatic heterocycles. The van der Waals surface area contributed by atoms with E-state index in [1.807, 2.05) is 0 Å². The minimum Gasteiger partial charge on any atom is -0.481 e. The Kier molecular flexibility index (Phi) is 21.2. The van der Waals surface area contributed by atoms with E-state index in [1.54, 1.807) is 19.1 Å². The second-order valence-electron chi connectivity index (χ2n) is 12.3. The van der Waals surface area contributed by atoms with Gasteiger partial charge in [-0.25, -0.2) is 19.9 Å². The number of Topliss-reactive ketones (excluding diaryl/α,β-unsaturated/α-hetero) is 2. The van der Waals surface area contributed by atoms with Crippen molar-refractivity contribution < 1.29 is 53.7 Å². The van der Waals surface area contributed by atoms with Crippen molar-refractivity contribution in [3.8, 4) is 0 Å². The lowest BCUT2D eigenvalue weighted by atomic mass is 10.1. The van der Waals surface area contributed by atoms with Crippen LogP contribution in [0.25, 0.3) is 0 Å². The number of rotatable bonds is 28. The average Bonchev–Trinajstić information content (AvgIpc) is 3.17. The van der Waals surface area contributed by atoms with Gasteiger partial charge in [0.25, 0.3) is 0 Å². The van der Waals surface area contributed by atoms with Crippen molar-refractivity contribution in [2.24, 2.45) is 11.5 Å². The second-order valence-corrected chi connectivity index (χ2v) is 14.8. The third kappa shape index (κ3) is 18.0.